The number of nitrogens with one attached hydrogen (secondary N) is 2. The zero-order valence-corrected chi connectivity index (χ0v) is 12.1. The first kappa shape index (κ1) is 13.3. The lowest BCUT2D eigenvalue weighted by molar-refractivity contribution is 0.0934. The van der Waals surface area contributed by atoms with E-state index in [1.807, 2.05) is 39.1 Å². The highest BCUT2D eigenvalue weighted by Crippen LogP contribution is 2.18. The van der Waals surface area contributed by atoms with E-state index >= 15 is 0 Å². The molecule has 2 aromatic heterocycles. The van der Waals surface area contributed by atoms with Crippen LogP contribution < -0.4 is 5.32 Å². The summed E-state index contributed by atoms with van der Waals surface area (Å²) in [4.78, 5) is 12.4. The average molecular weight is 284 g/mol. The smallest absolute Gasteiger partial charge is 0.273 e. The van der Waals surface area contributed by atoms with E-state index < -0.39 is 0 Å². The van der Waals surface area contributed by atoms with Crippen molar-refractivity contribution in [2.45, 2.75) is 19.9 Å². The van der Waals surface area contributed by atoms with Crippen molar-refractivity contribution in [1.82, 2.24) is 30.3 Å². The molecule has 21 heavy (non-hydrogen) atoms. The molecular formula is C14H16N6O. The van der Waals surface area contributed by atoms with Crippen molar-refractivity contribution in [3.8, 4) is 0 Å². The first-order valence-corrected chi connectivity index (χ1v) is 6.65. The van der Waals surface area contributed by atoms with Gasteiger partial charge in [-0.05, 0) is 26.0 Å². The molecule has 0 saturated heterocycles. The van der Waals surface area contributed by atoms with Crippen LogP contribution in [0.5, 0.6) is 0 Å². The summed E-state index contributed by atoms with van der Waals surface area (Å²) < 4.78 is 1.78. The molecule has 2 heterocycles. The van der Waals surface area contributed by atoms with Gasteiger partial charge in [0.15, 0.2) is 11.5 Å². The second-order valence-corrected chi connectivity index (χ2v) is 5.12. The van der Waals surface area contributed by atoms with Gasteiger partial charge in [-0.15, -0.1) is 10.2 Å². The van der Waals surface area contributed by atoms with E-state index in [0.29, 0.717) is 11.5 Å². The van der Waals surface area contributed by atoms with E-state index in [2.05, 4.69) is 25.7 Å². The molecule has 0 radical (unpaired) electrons. The zero-order chi connectivity index (χ0) is 15.0. The molecule has 3 rings (SSSR count). The topological polar surface area (TPSA) is 88.5 Å². The first-order valence-electron chi connectivity index (χ1n) is 6.65. The van der Waals surface area contributed by atoms with E-state index in [1.165, 1.54) is 0 Å². The van der Waals surface area contributed by atoms with E-state index in [0.717, 1.165) is 16.5 Å². The Morgan fingerprint density at radius 3 is 2.95 bits per heavy atom. The predicted molar refractivity (Wildman–Crippen MR) is 77.7 cm³/mol. The molecule has 1 unspecified atom stereocenters. The molecule has 0 aliphatic heterocycles. The van der Waals surface area contributed by atoms with Crippen LogP contribution in [0.25, 0.3) is 10.9 Å². The van der Waals surface area contributed by atoms with Crippen LogP contribution in [0.4, 0.5) is 0 Å². The van der Waals surface area contributed by atoms with Crippen LogP contribution in [0.1, 0.15) is 34.8 Å². The van der Waals surface area contributed by atoms with Gasteiger partial charge in [0, 0.05) is 12.4 Å². The third kappa shape index (κ3) is 2.37. The number of carbonyl (C=O) groups excluding carboxylic acids is 1. The molecule has 0 bridgehead atoms. The summed E-state index contributed by atoms with van der Waals surface area (Å²) >= 11 is 0. The molecule has 0 spiro atoms. The lowest BCUT2D eigenvalue weighted by Crippen LogP contribution is -2.28. The van der Waals surface area contributed by atoms with Gasteiger partial charge in [-0.2, -0.15) is 5.10 Å². The highest BCUT2D eigenvalue weighted by Gasteiger charge is 2.19. The van der Waals surface area contributed by atoms with Gasteiger partial charge in [0.1, 0.15) is 6.33 Å². The van der Waals surface area contributed by atoms with Gasteiger partial charge in [-0.25, -0.2) is 0 Å². The molecule has 2 N–H and O–H groups in total. The molecule has 0 fully saturated rings. The summed E-state index contributed by atoms with van der Waals surface area (Å²) in [5.74, 6) is 0.460. The van der Waals surface area contributed by atoms with Crippen molar-refractivity contribution in [3.63, 3.8) is 0 Å². The van der Waals surface area contributed by atoms with Gasteiger partial charge in [0.25, 0.3) is 5.91 Å². The Kier molecular flexibility index (Phi) is 3.17. The lowest BCUT2D eigenvalue weighted by atomic mass is 10.1. The first-order chi connectivity index (χ1) is 10.1. The monoisotopic (exact) mass is 284 g/mol. The maximum Gasteiger partial charge on any atom is 0.273 e. The van der Waals surface area contributed by atoms with Gasteiger partial charge in [0.2, 0.25) is 0 Å². The maximum absolute atomic E-state index is 12.4. The van der Waals surface area contributed by atoms with E-state index in [1.54, 1.807) is 10.9 Å². The summed E-state index contributed by atoms with van der Waals surface area (Å²) in [6.45, 7) is 3.85. The number of hydrogen-bond acceptors (Lipinski definition) is 4. The van der Waals surface area contributed by atoms with Crippen LogP contribution in [-0.2, 0) is 7.05 Å². The zero-order valence-electron chi connectivity index (χ0n) is 12.1. The van der Waals surface area contributed by atoms with Crippen molar-refractivity contribution < 1.29 is 4.79 Å². The summed E-state index contributed by atoms with van der Waals surface area (Å²) in [5, 5.41) is 18.5. The van der Waals surface area contributed by atoms with E-state index in [9.17, 15) is 4.79 Å². The number of amides is 1. The number of aromatic nitrogens is 5. The number of aromatic amines is 1. The molecule has 7 nitrogen and oxygen atoms in total. The fourth-order valence-corrected chi connectivity index (χ4v) is 2.31. The van der Waals surface area contributed by atoms with Crippen LogP contribution in [0.3, 0.4) is 0 Å². The number of hydrogen-bond donors (Lipinski definition) is 2. The molecule has 1 amide bonds. The summed E-state index contributed by atoms with van der Waals surface area (Å²) in [7, 11) is 1.84. The van der Waals surface area contributed by atoms with Crippen molar-refractivity contribution in [2.75, 3.05) is 0 Å². The molecule has 1 atom stereocenters. The largest absolute Gasteiger partial charge is 0.341 e. The van der Waals surface area contributed by atoms with Gasteiger partial charge in [0.05, 0.1) is 11.6 Å². The van der Waals surface area contributed by atoms with Crippen molar-refractivity contribution >= 4 is 16.8 Å². The molecule has 7 heteroatoms. The van der Waals surface area contributed by atoms with Gasteiger partial charge >= 0.3 is 0 Å². The number of fused-ring (bicyclic) bond motifs is 1. The number of benzene rings is 1. The fourth-order valence-electron chi connectivity index (χ4n) is 2.31. The summed E-state index contributed by atoms with van der Waals surface area (Å²) in [6.07, 6.45) is 1.60. The minimum atomic E-state index is -0.249. The van der Waals surface area contributed by atoms with Crippen LogP contribution >= 0.6 is 0 Å². The van der Waals surface area contributed by atoms with Crippen LogP contribution in [0.15, 0.2) is 24.5 Å². The highest BCUT2D eigenvalue weighted by molar-refractivity contribution is 6.04. The third-order valence-corrected chi connectivity index (χ3v) is 3.41. The minimum Gasteiger partial charge on any atom is -0.341 e. The molecule has 3 aromatic rings. The van der Waals surface area contributed by atoms with Gasteiger partial charge < -0.3 is 9.88 Å². The van der Waals surface area contributed by atoms with Crippen molar-refractivity contribution in [1.29, 1.82) is 0 Å². The standard InChI is InChI=1S/C14H16N6O/c1-8-4-5-11-10(6-8)12(18-17-11)14(21)16-9(2)13-19-15-7-20(13)3/h4-7,9H,1-3H3,(H,16,21)(H,17,18). The molecule has 0 aliphatic rings. The van der Waals surface area contributed by atoms with E-state index in [4.69, 9.17) is 0 Å². The van der Waals surface area contributed by atoms with Gasteiger partial charge in [-0.3, -0.25) is 9.89 Å². The predicted octanol–water partition coefficient (Wildman–Crippen LogP) is 1.49. The lowest BCUT2D eigenvalue weighted by Gasteiger charge is -2.11. The second-order valence-electron chi connectivity index (χ2n) is 5.12. The van der Waals surface area contributed by atoms with Crippen LogP contribution in [0, 0.1) is 6.92 Å². The minimum absolute atomic E-state index is 0.234. The fraction of sp³-hybridized carbons (Fsp3) is 0.286. The Morgan fingerprint density at radius 1 is 1.43 bits per heavy atom. The number of nitrogens with zero attached hydrogens (tertiary/aromatic N) is 4. The number of aryl methyl sites for hydroxylation is 2. The number of H-pyrrole nitrogens is 1. The normalized spacial score (nSPS) is 12.5. The highest BCUT2D eigenvalue weighted by atomic mass is 16.2. The Balaban J connectivity index is 1.87. The summed E-state index contributed by atoms with van der Waals surface area (Å²) in [6, 6.07) is 5.59. The Labute approximate surface area is 121 Å². The molecular weight excluding hydrogens is 268 g/mol. The average Bonchev–Trinajstić information content (AvgIpc) is 3.04. The third-order valence-electron chi connectivity index (χ3n) is 3.41. The Hall–Kier alpha value is -2.70. The van der Waals surface area contributed by atoms with E-state index in [-0.39, 0.29) is 11.9 Å². The molecule has 108 valence electrons. The van der Waals surface area contributed by atoms with Crippen LogP contribution in [0.2, 0.25) is 0 Å². The molecule has 0 aliphatic carbocycles. The Bertz CT molecular complexity index is 803. The number of carbonyl (C=O) groups is 1. The molecule has 0 saturated carbocycles. The van der Waals surface area contributed by atoms with Crippen LogP contribution in [-0.4, -0.2) is 30.9 Å². The van der Waals surface area contributed by atoms with Crippen molar-refractivity contribution in [2.24, 2.45) is 7.05 Å². The van der Waals surface area contributed by atoms with Gasteiger partial charge in [-0.1, -0.05) is 11.6 Å². The summed E-state index contributed by atoms with van der Waals surface area (Å²) in [5.41, 5.74) is 2.32. The maximum atomic E-state index is 12.4. The number of rotatable bonds is 3. The van der Waals surface area contributed by atoms with Crippen molar-refractivity contribution in [3.05, 3.63) is 41.6 Å². The quantitative estimate of drug-likeness (QED) is 0.762. The second kappa shape index (κ2) is 5.01. The molecule has 1 aromatic carbocycles. The Morgan fingerprint density at radius 2 is 2.24 bits per heavy atom. The SMILES string of the molecule is Cc1ccc2[nH]nc(C(=O)NC(C)c3nncn3C)c2c1.